The number of thiazole rings is 1. The average Bonchev–Trinajstić information content (AvgIpc) is 3.34. The van der Waals surface area contributed by atoms with Gasteiger partial charge in [-0.25, -0.2) is 13.4 Å². The number of nitrogens with zero attached hydrogens (tertiary/aromatic N) is 2. The van der Waals surface area contributed by atoms with Crippen LogP contribution in [0, 0.1) is 0 Å². The lowest BCUT2D eigenvalue weighted by Gasteiger charge is -2.19. The van der Waals surface area contributed by atoms with Gasteiger partial charge in [0.15, 0.2) is 5.13 Å². The second-order valence-corrected chi connectivity index (χ2v) is 9.82. The molecule has 0 aliphatic rings. The Balaban J connectivity index is 1.85. The molecule has 0 fully saturated rings. The van der Waals surface area contributed by atoms with Gasteiger partial charge in [0.05, 0.1) is 15.6 Å². The standard InChI is InChI=1S/C18H18ClN3O3S3/c1-3-22(4-2)28(24,25)16-10-12(7-8-13(16)19)17(23)21-18-20-14(11-27-18)15-6-5-9-26-15/h5-11H,3-4H2,1-2H3,(H,20,21,23). The van der Waals surface area contributed by atoms with E-state index in [0.29, 0.717) is 18.2 Å². The molecule has 3 aromatic rings. The van der Waals surface area contributed by atoms with E-state index in [2.05, 4.69) is 10.3 Å². The van der Waals surface area contributed by atoms with Gasteiger partial charge in [-0.2, -0.15) is 4.31 Å². The molecule has 0 spiro atoms. The summed E-state index contributed by atoms with van der Waals surface area (Å²) in [6.07, 6.45) is 0. The number of nitrogens with one attached hydrogen (secondary N) is 1. The van der Waals surface area contributed by atoms with E-state index in [1.807, 2.05) is 22.9 Å². The van der Waals surface area contributed by atoms with Crippen molar-refractivity contribution in [3.63, 3.8) is 0 Å². The van der Waals surface area contributed by atoms with Crippen molar-refractivity contribution in [2.75, 3.05) is 18.4 Å². The van der Waals surface area contributed by atoms with Crippen molar-refractivity contribution >= 4 is 55.3 Å². The van der Waals surface area contributed by atoms with E-state index in [9.17, 15) is 13.2 Å². The minimum Gasteiger partial charge on any atom is -0.298 e. The Bertz CT molecular complexity index is 1070. The molecule has 1 aromatic carbocycles. The Morgan fingerprint density at radius 1 is 1.21 bits per heavy atom. The fourth-order valence-corrected chi connectivity index (χ4v) is 6.01. The highest BCUT2D eigenvalue weighted by Crippen LogP contribution is 2.29. The monoisotopic (exact) mass is 455 g/mol. The van der Waals surface area contributed by atoms with Gasteiger partial charge in [0.1, 0.15) is 4.90 Å². The van der Waals surface area contributed by atoms with E-state index >= 15 is 0 Å². The number of carbonyl (C=O) groups is 1. The van der Waals surface area contributed by atoms with Crippen molar-refractivity contribution < 1.29 is 13.2 Å². The van der Waals surface area contributed by atoms with E-state index < -0.39 is 15.9 Å². The number of carbonyl (C=O) groups excluding carboxylic acids is 1. The predicted octanol–water partition coefficient (Wildman–Crippen LogP) is 4.81. The first-order chi connectivity index (χ1) is 13.4. The summed E-state index contributed by atoms with van der Waals surface area (Å²) in [4.78, 5) is 18.0. The van der Waals surface area contributed by atoms with Crippen LogP contribution in [0.4, 0.5) is 5.13 Å². The number of sulfonamides is 1. The number of hydrogen-bond acceptors (Lipinski definition) is 6. The summed E-state index contributed by atoms with van der Waals surface area (Å²) >= 11 is 8.99. The van der Waals surface area contributed by atoms with E-state index in [-0.39, 0.29) is 15.5 Å². The van der Waals surface area contributed by atoms with Crippen LogP contribution in [0.25, 0.3) is 10.6 Å². The zero-order chi connectivity index (χ0) is 20.3. The van der Waals surface area contributed by atoms with Gasteiger partial charge in [-0.05, 0) is 29.6 Å². The van der Waals surface area contributed by atoms with E-state index in [0.717, 1.165) is 10.6 Å². The summed E-state index contributed by atoms with van der Waals surface area (Å²) in [6, 6.07) is 8.11. The summed E-state index contributed by atoms with van der Waals surface area (Å²) in [5, 5.41) is 7.06. The molecule has 0 saturated carbocycles. The lowest BCUT2D eigenvalue weighted by Crippen LogP contribution is -2.31. The highest BCUT2D eigenvalue weighted by atomic mass is 35.5. The van der Waals surface area contributed by atoms with Gasteiger partial charge in [-0.3, -0.25) is 10.1 Å². The quantitative estimate of drug-likeness (QED) is 0.554. The molecule has 0 atom stereocenters. The smallest absolute Gasteiger partial charge is 0.257 e. The first kappa shape index (κ1) is 20.9. The number of benzene rings is 1. The molecule has 1 N–H and O–H groups in total. The van der Waals surface area contributed by atoms with Gasteiger partial charge in [-0.1, -0.05) is 31.5 Å². The topological polar surface area (TPSA) is 79.4 Å². The summed E-state index contributed by atoms with van der Waals surface area (Å²) in [5.41, 5.74) is 0.985. The molecule has 0 bridgehead atoms. The Labute approximate surface area is 176 Å². The molecule has 0 radical (unpaired) electrons. The van der Waals surface area contributed by atoms with Crippen LogP contribution in [0.1, 0.15) is 24.2 Å². The van der Waals surface area contributed by atoms with Gasteiger partial charge in [0.2, 0.25) is 10.0 Å². The van der Waals surface area contributed by atoms with Crippen LogP contribution in [0.15, 0.2) is 46.0 Å². The molecule has 3 rings (SSSR count). The van der Waals surface area contributed by atoms with Gasteiger partial charge < -0.3 is 0 Å². The maximum absolute atomic E-state index is 12.8. The van der Waals surface area contributed by atoms with Crippen LogP contribution in [0.5, 0.6) is 0 Å². The van der Waals surface area contributed by atoms with Crippen LogP contribution >= 0.6 is 34.3 Å². The zero-order valence-corrected chi connectivity index (χ0v) is 18.4. The molecule has 6 nitrogen and oxygen atoms in total. The van der Waals surface area contributed by atoms with E-state index in [1.54, 1.807) is 25.2 Å². The number of amides is 1. The molecule has 2 heterocycles. The summed E-state index contributed by atoms with van der Waals surface area (Å²) in [6.45, 7) is 4.13. The molecular weight excluding hydrogens is 438 g/mol. The maximum atomic E-state index is 12.8. The van der Waals surface area contributed by atoms with Crippen molar-refractivity contribution in [2.45, 2.75) is 18.7 Å². The number of rotatable bonds is 7. The lowest BCUT2D eigenvalue weighted by molar-refractivity contribution is 0.102. The summed E-state index contributed by atoms with van der Waals surface area (Å²) in [5.74, 6) is -0.445. The van der Waals surface area contributed by atoms with Crippen LogP contribution in [0.2, 0.25) is 5.02 Å². The maximum Gasteiger partial charge on any atom is 0.257 e. The normalized spacial score (nSPS) is 11.7. The highest BCUT2D eigenvalue weighted by Gasteiger charge is 2.25. The molecule has 1 amide bonds. The minimum atomic E-state index is -3.78. The van der Waals surface area contributed by atoms with Gasteiger partial charge in [0, 0.05) is 24.0 Å². The van der Waals surface area contributed by atoms with Gasteiger partial charge in [0.25, 0.3) is 5.91 Å². The Morgan fingerprint density at radius 3 is 2.61 bits per heavy atom. The van der Waals surface area contributed by atoms with Crippen molar-refractivity contribution in [1.29, 1.82) is 0 Å². The second kappa shape index (κ2) is 8.71. The SMILES string of the molecule is CCN(CC)S(=O)(=O)c1cc(C(=O)Nc2nc(-c3cccs3)cs2)ccc1Cl. The number of aromatic nitrogens is 1. The van der Waals surface area contributed by atoms with Crippen LogP contribution in [-0.2, 0) is 10.0 Å². The third-order valence-electron chi connectivity index (χ3n) is 4.01. The Hall–Kier alpha value is -1.78. The zero-order valence-electron chi connectivity index (χ0n) is 15.2. The minimum absolute atomic E-state index is 0.0797. The van der Waals surface area contributed by atoms with E-state index in [1.165, 1.54) is 33.8 Å². The third-order valence-corrected chi connectivity index (χ3v) is 8.20. The fourth-order valence-electron chi connectivity index (χ4n) is 2.58. The highest BCUT2D eigenvalue weighted by molar-refractivity contribution is 7.89. The van der Waals surface area contributed by atoms with Crippen LogP contribution in [0.3, 0.4) is 0 Å². The third kappa shape index (κ3) is 4.28. The van der Waals surface area contributed by atoms with Crippen molar-refractivity contribution in [2.24, 2.45) is 0 Å². The lowest BCUT2D eigenvalue weighted by atomic mass is 10.2. The first-order valence-corrected chi connectivity index (χ1v) is 12.0. The Kier molecular flexibility index (Phi) is 6.51. The van der Waals surface area contributed by atoms with Crippen molar-refractivity contribution in [1.82, 2.24) is 9.29 Å². The molecule has 0 aliphatic heterocycles. The molecule has 2 aromatic heterocycles. The summed E-state index contributed by atoms with van der Waals surface area (Å²) in [7, 11) is -3.78. The van der Waals surface area contributed by atoms with Gasteiger partial charge >= 0.3 is 0 Å². The van der Waals surface area contributed by atoms with Crippen molar-refractivity contribution in [3.8, 4) is 10.6 Å². The number of halogens is 1. The number of hydrogen-bond donors (Lipinski definition) is 1. The molecular formula is C18H18ClN3O3S3. The molecule has 10 heteroatoms. The molecule has 0 saturated heterocycles. The van der Waals surface area contributed by atoms with Crippen LogP contribution < -0.4 is 5.32 Å². The van der Waals surface area contributed by atoms with Crippen LogP contribution in [-0.4, -0.2) is 36.7 Å². The number of anilines is 1. The predicted molar refractivity (Wildman–Crippen MR) is 115 cm³/mol. The molecule has 0 aliphatic carbocycles. The first-order valence-electron chi connectivity index (χ1n) is 8.47. The largest absolute Gasteiger partial charge is 0.298 e. The average molecular weight is 456 g/mol. The second-order valence-electron chi connectivity index (χ2n) is 5.70. The number of thiophene rings is 1. The fraction of sp³-hybridized carbons (Fsp3) is 0.222. The van der Waals surface area contributed by atoms with Crippen molar-refractivity contribution in [3.05, 3.63) is 51.7 Å². The van der Waals surface area contributed by atoms with Gasteiger partial charge in [-0.15, -0.1) is 22.7 Å². The molecule has 28 heavy (non-hydrogen) atoms. The Morgan fingerprint density at radius 2 is 1.96 bits per heavy atom. The summed E-state index contributed by atoms with van der Waals surface area (Å²) < 4.78 is 26.9. The molecule has 148 valence electrons. The molecule has 0 unspecified atom stereocenters. The van der Waals surface area contributed by atoms with E-state index in [4.69, 9.17) is 11.6 Å².